The second-order valence-corrected chi connectivity index (χ2v) is 6.48. The molecule has 1 heterocycles. The fourth-order valence-corrected chi connectivity index (χ4v) is 2.58. The molecule has 0 aliphatic rings. The van der Waals surface area contributed by atoms with Crippen molar-refractivity contribution in [3.8, 4) is 0 Å². The molecular weight excluding hydrogens is 343 g/mol. The number of carbonyl (C=O) groups is 1. The van der Waals surface area contributed by atoms with Crippen LogP contribution in [0.5, 0.6) is 0 Å². The summed E-state index contributed by atoms with van der Waals surface area (Å²) in [5.74, 6) is 0.107. The van der Waals surface area contributed by atoms with Gasteiger partial charge in [0, 0.05) is 19.8 Å². The lowest BCUT2D eigenvalue weighted by Crippen LogP contribution is -2.40. The summed E-state index contributed by atoms with van der Waals surface area (Å²) in [6.07, 6.45) is -2.75. The van der Waals surface area contributed by atoms with E-state index >= 15 is 0 Å². The molecule has 0 bridgehead atoms. The van der Waals surface area contributed by atoms with Gasteiger partial charge in [-0.25, -0.2) is 4.79 Å². The number of halogens is 3. The minimum Gasteiger partial charge on any atom is -0.329 e. The fraction of sp³-hybridized carbons (Fsp3) is 0.368. The molecule has 0 saturated heterocycles. The van der Waals surface area contributed by atoms with Crippen molar-refractivity contribution >= 4 is 6.03 Å². The molecule has 1 aromatic carbocycles. The molecule has 1 N–H and O–H groups in total. The molecular formula is C19H22F3N3O. The Labute approximate surface area is 151 Å². The maximum absolute atomic E-state index is 12.8. The number of aromatic nitrogens is 1. The van der Waals surface area contributed by atoms with E-state index in [0.717, 1.165) is 17.8 Å². The third-order valence-corrected chi connectivity index (χ3v) is 3.97. The van der Waals surface area contributed by atoms with Crippen molar-refractivity contribution in [1.82, 2.24) is 15.2 Å². The zero-order chi connectivity index (χ0) is 19.3. The molecule has 0 unspecified atom stereocenters. The number of pyridine rings is 1. The first-order valence-corrected chi connectivity index (χ1v) is 8.27. The van der Waals surface area contributed by atoms with Gasteiger partial charge in [-0.3, -0.25) is 4.98 Å². The van der Waals surface area contributed by atoms with Crippen molar-refractivity contribution in [3.63, 3.8) is 0 Å². The minimum atomic E-state index is -4.40. The molecule has 0 fully saturated rings. The lowest BCUT2D eigenvalue weighted by atomic mass is 10.0. The van der Waals surface area contributed by atoms with E-state index in [4.69, 9.17) is 0 Å². The van der Waals surface area contributed by atoms with Gasteiger partial charge in [0.15, 0.2) is 0 Å². The zero-order valence-electron chi connectivity index (χ0n) is 14.9. The summed E-state index contributed by atoms with van der Waals surface area (Å²) in [6, 6.07) is 9.80. The monoisotopic (exact) mass is 365 g/mol. The van der Waals surface area contributed by atoms with Gasteiger partial charge in [0.1, 0.15) is 0 Å². The Hall–Kier alpha value is -2.57. The first-order valence-electron chi connectivity index (χ1n) is 8.27. The molecule has 1 atom stereocenters. The normalized spacial score (nSPS) is 12.7. The van der Waals surface area contributed by atoms with Crippen LogP contribution >= 0.6 is 0 Å². The topological polar surface area (TPSA) is 45.2 Å². The Morgan fingerprint density at radius 3 is 2.50 bits per heavy atom. The number of hydrogen-bond donors (Lipinski definition) is 1. The summed E-state index contributed by atoms with van der Waals surface area (Å²) in [5.41, 5.74) is 0.428. The summed E-state index contributed by atoms with van der Waals surface area (Å²) in [7, 11) is 1.55. The van der Waals surface area contributed by atoms with E-state index in [1.165, 1.54) is 11.0 Å². The number of carbonyl (C=O) groups excluding carboxylic acids is 1. The fourth-order valence-electron chi connectivity index (χ4n) is 2.58. The quantitative estimate of drug-likeness (QED) is 0.839. The van der Waals surface area contributed by atoms with E-state index in [9.17, 15) is 18.0 Å². The van der Waals surface area contributed by atoms with E-state index in [0.29, 0.717) is 5.56 Å². The highest BCUT2D eigenvalue weighted by molar-refractivity contribution is 5.74. The number of rotatable bonds is 5. The average molecular weight is 365 g/mol. The lowest BCUT2D eigenvalue weighted by molar-refractivity contribution is -0.137. The maximum Gasteiger partial charge on any atom is 0.416 e. The predicted molar refractivity (Wildman–Crippen MR) is 93.3 cm³/mol. The van der Waals surface area contributed by atoms with Gasteiger partial charge in [-0.15, -0.1) is 0 Å². The number of hydrogen-bond acceptors (Lipinski definition) is 2. The Kier molecular flexibility index (Phi) is 6.23. The molecule has 2 aromatic rings. The number of alkyl halides is 3. The summed E-state index contributed by atoms with van der Waals surface area (Å²) in [6.45, 7) is 4.00. The van der Waals surface area contributed by atoms with Crippen molar-refractivity contribution < 1.29 is 18.0 Å². The van der Waals surface area contributed by atoms with E-state index in [-0.39, 0.29) is 24.5 Å². The number of amides is 2. The number of nitrogens with zero attached hydrogens (tertiary/aromatic N) is 2. The molecule has 140 valence electrons. The molecule has 7 heteroatoms. The SMILES string of the molecule is CC(C)[C@H](NC(=O)N(C)Cc1cccc(C(F)(F)F)c1)c1ccccn1. The van der Waals surface area contributed by atoms with Gasteiger partial charge in [-0.1, -0.05) is 32.0 Å². The smallest absolute Gasteiger partial charge is 0.329 e. The highest BCUT2D eigenvalue weighted by Crippen LogP contribution is 2.29. The van der Waals surface area contributed by atoms with Crippen LogP contribution in [0.25, 0.3) is 0 Å². The third kappa shape index (κ3) is 5.21. The Morgan fingerprint density at radius 2 is 1.92 bits per heavy atom. The molecule has 26 heavy (non-hydrogen) atoms. The molecule has 0 saturated carbocycles. The number of urea groups is 1. The van der Waals surface area contributed by atoms with Crippen LogP contribution < -0.4 is 5.32 Å². The highest BCUT2D eigenvalue weighted by atomic mass is 19.4. The average Bonchev–Trinajstić information content (AvgIpc) is 2.59. The van der Waals surface area contributed by atoms with Crippen molar-refractivity contribution in [2.45, 2.75) is 32.6 Å². The molecule has 2 rings (SSSR count). The molecule has 0 aliphatic carbocycles. The van der Waals surface area contributed by atoms with Crippen LogP contribution in [0.2, 0.25) is 0 Å². The van der Waals surface area contributed by atoms with E-state index < -0.39 is 11.7 Å². The van der Waals surface area contributed by atoms with Gasteiger partial charge in [-0.05, 0) is 35.7 Å². The maximum atomic E-state index is 12.8. The standard InChI is InChI=1S/C19H22F3N3O/c1-13(2)17(16-9-4-5-10-23-16)24-18(26)25(3)12-14-7-6-8-15(11-14)19(20,21)22/h4-11,13,17H,12H2,1-3H3,(H,24,26)/t17-/m0/s1. The van der Waals surface area contributed by atoms with Crippen molar-refractivity contribution in [2.75, 3.05) is 7.05 Å². The Balaban J connectivity index is 2.07. The van der Waals surface area contributed by atoms with Crippen molar-refractivity contribution in [2.24, 2.45) is 5.92 Å². The lowest BCUT2D eigenvalue weighted by Gasteiger charge is -2.26. The van der Waals surface area contributed by atoms with E-state index in [2.05, 4.69) is 10.3 Å². The Morgan fingerprint density at radius 1 is 1.19 bits per heavy atom. The van der Waals surface area contributed by atoms with Crippen LogP contribution in [0.4, 0.5) is 18.0 Å². The van der Waals surface area contributed by atoms with Crippen molar-refractivity contribution in [3.05, 3.63) is 65.5 Å². The largest absolute Gasteiger partial charge is 0.416 e. The van der Waals surface area contributed by atoms with Crippen LogP contribution in [-0.4, -0.2) is 23.0 Å². The van der Waals surface area contributed by atoms with Gasteiger partial charge in [-0.2, -0.15) is 13.2 Å². The summed E-state index contributed by atoms with van der Waals surface area (Å²) in [4.78, 5) is 18.1. The molecule has 0 aliphatic heterocycles. The molecule has 4 nitrogen and oxygen atoms in total. The minimum absolute atomic E-state index is 0.0722. The van der Waals surface area contributed by atoms with Crippen LogP contribution in [0.1, 0.15) is 36.7 Å². The Bertz CT molecular complexity index is 732. The summed E-state index contributed by atoms with van der Waals surface area (Å²) < 4.78 is 38.4. The van der Waals surface area contributed by atoms with Crippen molar-refractivity contribution in [1.29, 1.82) is 0 Å². The van der Waals surface area contributed by atoms with Gasteiger partial charge in [0.25, 0.3) is 0 Å². The first kappa shape index (κ1) is 19.8. The summed E-state index contributed by atoms with van der Waals surface area (Å²) >= 11 is 0. The molecule has 0 radical (unpaired) electrons. The summed E-state index contributed by atoms with van der Waals surface area (Å²) in [5, 5.41) is 2.90. The number of nitrogens with one attached hydrogen (secondary N) is 1. The van der Waals surface area contributed by atoms with Gasteiger partial charge in [0.2, 0.25) is 0 Å². The van der Waals surface area contributed by atoms with Gasteiger partial charge in [0.05, 0.1) is 17.3 Å². The zero-order valence-corrected chi connectivity index (χ0v) is 14.9. The van der Waals surface area contributed by atoms with Crippen LogP contribution in [0.3, 0.4) is 0 Å². The first-order chi connectivity index (χ1) is 12.2. The molecule has 0 spiro atoms. The van der Waals surface area contributed by atoms with Crippen LogP contribution in [0, 0.1) is 5.92 Å². The predicted octanol–water partition coefficient (Wildman–Crippen LogP) is 4.64. The number of benzene rings is 1. The highest BCUT2D eigenvalue weighted by Gasteiger charge is 2.30. The van der Waals surface area contributed by atoms with Gasteiger partial charge < -0.3 is 10.2 Å². The second-order valence-electron chi connectivity index (χ2n) is 6.48. The van der Waals surface area contributed by atoms with E-state index in [1.54, 1.807) is 25.4 Å². The second kappa shape index (κ2) is 8.21. The van der Waals surface area contributed by atoms with E-state index in [1.807, 2.05) is 26.0 Å². The van der Waals surface area contributed by atoms with Gasteiger partial charge >= 0.3 is 12.2 Å². The molecule has 1 aromatic heterocycles. The van der Waals surface area contributed by atoms with Crippen LogP contribution in [-0.2, 0) is 12.7 Å². The third-order valence-electron chi connectivity index (χ3n) is 3.97. The van der Waals surface area contributed by atoms with Crippen LogP contribution in [0.15, 0.2) is 48.7 Å². The molecule has 2 amide bonds.